The summed E-state index contributed by atoms with van der Waals surface area (Å²) in [5.74, 6) is -1.84. The molecule has 0 aromatic heterocycles. The van der Waals surface area contributed by atoms with Gasteiger partial charge in [0.1, 0.15) is 31.0 Å². The van der Waals surface area contributed by atoms with Crippen molar-refractivity contribution < 1.29 is 66.7 Å². The number of benzene rings is 2. The minimum absolute atomic E-state index is 0.00738. The zero-order valence-electron chi connectivity index (χ0n) is 39.5. The number of anilines is 1. The summed E-state index contributed by atoms with van der Waals surface area (Å²) in [5.41, 5.74) is 6.56. The molecule has 1 unspecified atom stereocenters. The van der Waals surface area contributed by atoms with Gasteiger partial charge >= 0.3 is 12.2 Å². The second-order valence-corrected chi connectivity index (χ2v) is 16.1. The summed E-state index contributed by atoms with van der Waals surface area (Å²) in [7, 11) is 1.35. The van der Waals surface area contributed by atoms with E-state index in [9.17, 15) is 33.7 Å². The number of hydrogen-bond donors (Lipinski definition) is 6. The van der Waals surface area contributed by atoms with E-state index < -0.39 is 42.0 Å². The fraction of sp³-hybridized carbons (Fsp3) is 0.574. The molecular formula is C47H70N7O14+. The van der Waals surface area contributed by atoms with E-state index in [0.717, 1.165) is 19.3 Å². The average molecular weight is 957 g/mol. The number of hydrogen-bond acceptors (Lipinski definition) is 14. The van der Waals surface area contributed by atoms with E-state index in [4.69, 9.17) is 38.9 Å². The fourth-order valence-corrected chi connectivity index (χ4v) is 6.43. The first-order valence-corrected chi connectivity index (χ1v) is 23.0. The van der Waals surface area contributed by atoms with Gasteiger partial charge in [-0.1, -0.05) is 51.0 Å². The number of nitroso groups, excluding NO2 is 1. The third-order valence-corrected chi connectivity index (χ3v) is 10.1. The number of carbonyl (C=O) groups excluding carboxylic acids is 6. The summed E-state index contributed by atoms with van der Waals surface area (Å²) in [4.78, 5) is 86.6. The van der Waals surface area contributed by atoms with E-state index in [1.165, 1.54) is 44.2 Å². The van der Waals surface area contributed by atoms with Crippen LogP contribution in [-0.4, -0.2) is 138 Å². The molecule has 6 amide bonds. The predicted octanol–water partition coefficient (Wildman–Crippen LogP) is 3.93. The zero-order valence-corrected chi connectivity index (χ0v) is 39.5. The topological polar surface area (TPSA) is 273 Å². The number of rotatable bonds is 32. The number of allylic oxidation sites excluding steroid dienone is 1. The van der Waals surface area contributed by atoms with Crippen molar-refractivity contribution in [1.29, 1.82) is 0 Å². The molecule has 1 aliphatic rings. The summed E-state index contributed by atoms with van der Waals surface area (Å²) in [6, 6.07) is 9.62. The molecule has 2 aromatic rings. The molecule has 3 rings (SSSR count). The molecule has 21 heteroatoms. The van der Waals surface area contributed by atoms with Crippen molar-refractivity contribution in [2.24, 2.45) is 11.7 Å². The lowest BCUT2D eigenvalue weighted by Crippen LogP contribution is -2.54. The highest BCUT2D eigenvalue weighted by Gasteiger charge is 2.29. The fourth-order valence-electron chi connectivity index (χ4n) is 6.43. The van der Waals surface area contributed by atoms with Gasteiger partial charge in [0.25, 0.3) is 5.69 Å². The van der Waals surface area contributed by atoms with Gasteiger partial charge in [0, 0.05) is 47.0 Å². The smallest absolute Gasteiger partial charge is 0.429 e. The van der Waals surface area contributed by atoms with E-state index in [0.29, 0.717) is 67.7 Å². The maximum absolute atomic E-state index is 13.5. The van der Waals surface area contributed by atoms with E-state index in [1.54, 1.807) is 38.1 Å². The summed E-state index contributed by atoms with van der Waals surface area (Å²) < 4.78 is 38.7. The van der Waals surface area contributed by atoms with Crippen LogP contribution in [0.2, 0.25) is 0 Å². The number of carbonyl (C=O) groups is 6. The lowest BCUT2D eigenvalue weighted by atomic mass is 10.0. The summed E-state index contributed by atoms with van der Waals surface area (Å²) in [5, 5.41) is 13.5. The van der Waals surface area contributed by atoms with Gasteiger partial charge in [-0.15, -0.1) is 0 Å². The highest BCUT2D eigenvalue weighted by atomic mass is 16.7. The van der Waals surface area contributed by atoms with Gasteiger partial charge in [-0.25, -0.2) is 9.59 Å². The number of nitrogens with zero attached hydrogens (tertiary/aromatic N) is 1. The van der Waals surface area contributed by atoms with Crippen LogP contribution in [0.25, 0.3) is 0 Å². The van der Waals surface area contributed by atoms with Gasteiger partial charge in [-0.2, -0.15) is 0 Å². The van der Waals surface area contributed by atoms with Crippen molar-refractivity contribution in [3.05, 3.63) is 71.2 Å². The molecule has 0 saturated carbocycles. The van der Waals surface area contributed by atoms with Crippen LogP contribution in [0.4, 0.5) is 21.0 Å². The first kappa shape index (κ1) is 56.3. The first-order valence-electron chi connectivity index (χ1n) is 23.0. The molecule has 0 bridgehead atoms. The predicted molar refractivity (Wildman–Crippen MR) is 250 cm³/mol. The van der Waals surface area contributed by atoms with Crippen LogP contribution in [0, 0.1) is 10.8 Å². The van der Waals surface area contributed by atoms with Gasteiger partial charge < -0.3 is 65.5 Å². The van der Waals surface area contributed by atoms with E-state index in [1.807, 2.05) is 6.08 Å². The average Bonchev–Trinajstić information content (AvgIpc) is 3.29. The molecule has 68 heavy (non-hydrogen) atoms. The normalized spacial score (nSPS) is 14.9. The van der Waals surface area contributed by atoms with Crippen LogP contribution in [0.3, 0.4) is 0 Å². The van der Waals surface area contributed by atoms with Crippen molar-refractivity contribution in [2.75, 3.05) is 84.9 Å². The van der Waals surface area contributed by atoms with Crippen molar-refractivity contribution in [2.45, 2.75) is 90.0 Å². The third-order valence-electron chi connectivity index (χ3n) is 10.1. The van der Waals surface area contributed by atoms with Crippen LogP contribution < -0.4 is 37.1 Å². The summed E-state index contributed by atoms with van der Waals surface area (Å²) in [6.07, 6.45) is 9.11. The second-order valence-electron chi connectivity index (χ2n) is 16.1. The number of urea groups is 1. The monoisotopic (exact) mass is 956 g/mol. The van der Waals surface area contributed by atoms with Gasteiger partial charge in [0.05, 0.1) is 59.0 Å². The van der Waals surface area contributed by atoms with Gasteiger partial charge in [-0.3, -0.25) is 19.2 Å². The Labute approximate surface area is 397 Å². The summed E-state index contributed by atoms with van der Waals surface area (Å²) in [6.45, 7) is 6.37. The third kappa shape index (κ3) is 25.2. The number of amides is 6. The van der Waals surface area contributed by atoms with E-state index in [-0.39, 0.29) is 76.1 Å². The Morgan fingerprint density at radius 2 is 1.41 bits per heavy atom. The zero-order chi connectivity index (χ0) is 49.4. The Bertz CT molecular complexity index is 1880. The van der Waals surface area contributed by atoms with E-state index >= 15 is 0 Å². The van der Waals surface area contributed by atoms with Gasteiger partial charge in [0.15, 0.2) is 7.05 Å². The van der Waals surface area contributed by atoms with Crippen LogP contribution in [0.15, 0.2) is 60.7 Å². The van der Waals surface area contributed by atoms with Crippen LogP contribution in [0.1, 0.15) is 70.8 Å². The Morgan fingerprint density at radius 3 is 2.06 bits per heavy atom. The Balaban J connectivity index is 1.29. The Kier molecular flexibility index (Phi) is 27.7. The Hall–Kier alpha value is -6.00. The molecule has 0 heterocycles. The molecule has 2 aromatic carbocycles. The SMILES string of the molecule is CC(C)[C@H](NC(=O)CCOCCOCCOCCOCCNC(=O)COC1/C=C\CCCCC1)C(=O)N[C@@H](CCCNC(N)=O)C(=O)Nc1ccc(COC(=O)Oc2ccc([N+](C)=O)cc2)cc1. The minimum atomic E-state index is -1.05. The number of nitrogens with one attached hydrogen (secondary N) is 5. The van der Waals surface area contributed by atoms with Crippen molar-refractivity contribution in [1.82, 2.24) is 21.3 Å². The van der Waals surface area contributed by atoms with Crippen LogP contribution in [0.5, 0.6) is 5.75 Å². The number of ether oxygens (including phenoxy) is 7. The molecule has 1 aliphatic carbocycles. The molecule has 0 spiro atoms. The standard InChI is InChI=1S/C47H69N7O14/c1-34(2)43(53-41(55)21-24-62-26-28-64-30-31-65-29-27-63-25-23-49-42(56)33-66-38-10-7-5-4-6-8-11-38)45(58)52-40(12-9-22-50-46(48)59)44(57)51-36-15-13-35(14-16-36)32-67-47(60)68-39-19-17-37(18-20-39)54(3)61/h7,10,13-20,34,38,40,43H,4-6,8-9,11-12,21-33H2,1-3H3,(H6-,48,49,50,51,52,53,55,56,57,58,59)/p+1/b10-7-/t38?,40-,43-/m0/s1. The summed E-state index contributed by atoms with van der Waals surface area (Å²) >= 11 is 0. The van der Waals surface area contributed by atoms with Crippen LogP contribution >= 0.6 is 0 Å². The molecule has 0 aliphatic heterocycles. The lowest BCUT2D eigenvalue weighted by molar-refractivity contribution is -0.428. The number of nitrogens with two attached hydrogens (primary N) is 1. The molecular weight excluding hydrogens is 887 g/mol. The molecule has 7 N–H and O–H groups in total. The van der Waals surface area contributed by atoms with Gasteiger partial charge in [0.2, 0.25) is 23.6 Å². The number of primary amides is 1. The maximum Gasteiger partial charge on any atom is 0.514 e. The second kappa shape index (κ2) is 33.5. The van der Waals surface area contributed by atoms with Crippen molar-refractivity contribution >= 4 is 47.2 Å². The maximum atomic E-state index is 13.5. The van der Waals surface area contributed by atoms with Gasteiger partial charge in [-0.05, 0) is 67.9 Å². The van der Waals surface area contributed by atoms with Crippen LogP contribution in [-0.2, 0) is 54.2 Å². The molecule has 21 nitrogen and oxygen atoms in total. The quantitative estimate of drug-likeness (QED) is 0.0200. The molecule has 3 atom stereocenters. The molecule has 376 valence electrons. The minimum Gasteiger partial charge on any atom is -0.429 e. The largest absolute Gasteiger partial charge is 0.514 e. The molecule has 0 fully saturated rings. The highest BCUT2D eigenvalue weighted by Crippen LogP contribution is 2.19. The van der Waals surface area contributed by atoms with Crippen molar-refractivity contribution in [3.8, 4) is 5.75 Å². The Morgan fingerprint density at radius 1 is 0.750 bits per heavy atom. The first-order chi connectivity index (χ1) is 32.8. The lowest BCUT2D eigenvalue weighted by Gasteiger charge is -2.25. The van der Waals surface area contributed by atoms with Crippen molar-refractivity contribution in [3.63, 3.8) is 0 Å². The highest BCUT2D eigenvalue weighted by molar-refractivity contribution is 5.98. The van der Waals surface area contributed by atoms with E-state index in [2.05, 4.69) is 32.7 Å². The molecule has 0 saturated heterocycles. The molecule has 0 radical (unpaired) electrons.